The van der Waals surface area contributed by atoms with Crippen molar-refractivity contribution >= 4 is 23.6 Å². The van der Waals surface area contributed by atoms with Gasteiger partial charge in [-0.3, -0.25) is 4.79 Å². The van der Waals surface area contributed by atoms with Crippen LogP contribution in [0, 0.1) is 0 Å². The molecule has 2 amide bonds. The molecule has 7 heteroatoms. The van der Waals surface area contributed by atoms with E-state index in [2.05, 4.69) is 5.32 Å². The first-order valence-corrected chi connectivity index (χ1v) is 8.18. The van der Waals surface area contributed by atoms with Crippen molar-refractivity contribution in [2.75, 3.05) is 13.1 Å². The molecule has 2 heterocycles. The zero-order valence-corrected chi connectivity index (χ0v) is 14.8. The Morgan fingerprint density at radius 1 is 1.35 bits per heavy atom. The number of carbonyl (C=O) groups is 2. The Kier molecular flexibility index (Phi) is 5.24. The number of halogens is 1. The number of rotatable bonds is 3. The summed E-state index contributed by atoms with van der Waals surface area (Å²) in [6.07, 6.45) is -0.254. The molecule has 1 aromatic rings. The van der Waals surface area contributed by atoms with Crippen LogP contribution in [-0.4, -0.2) is 40.2 Å². The average molecular weight is 342 g/mol. The van der Waals surface area contributed by atoms with Crippen molar-refractivity contribution in [3.63, 3.8) is 0 Å². The fourth-order valence-electron chi connectivity index (χ4n) is 2.69. The Morgan fingerprint density at radius 3 is 2.70 bits per heavy atom. The number of nitrogens with zero attached hydrogens (tertiary/aromatic N) is 2. The van der Waals surface area contributed by atoms with Crippen molar-refractivity contribution in [1.29, 1.82) is 0 Å². The predicted octanol–water partition coefficient (Wildman–Crippen LogP) is 2.96. The van der Waals surface area contributed by atoms with Crippen molar-refractivity contribution < 1.29 is 14.3 Å². The molecule has 0 spiro atoms. The van der Waals surface area contributed by atoms with Crippen LogP contribution in [-0.2, 0) is 16.1 Å². The molecular formula is C16H24ClN3O3. The lowest BCUT2D eigenvalue weighted by atomic mass is 10.1. The highest BCUT2D eigenvalue weighted by atomic mass is 35.5. The van der Waals surface area contributed by atoms with Gasteiger partial charge in [0.2, 0.25) is 5.91 Å². The van der Waals surface area contributed by atoms with Gasteiger partial charge in [0.15, 0.2) is 0 Å². The van der Waals surface area contributed by atoms with Crippen LogP contribution >= 0.6 is 11.6 Å². The van der Waals surface area contributed by atoms with E-state index >= 15 is 0 Å². The molecule has 0 fully saturated rings. The normalized spacial score (nSPS) is 17.6. The van der Waals surface area contributed by atoms with Crippen LogP contribution in [0.25, 0.3) is 0 Å². The van der Waals surface area contributed by atoms with Gasteiger partial charge in [-0.15, -0.1) is 0 Å². The summed E-state index contributed by atoms with van der Waals surface area (Å²) in [5.74, 6) is 0.0112. The van der Waals surface area contributed by atoms with Gasteiger partial charge in [-0.25, -0.2) is 4.79 Å². The first-order chi connectivity index (χ1) is 10.7. The van der Waals surface area contributed by atoms with Crippen molar-refractivity contribution in [1.82, 2.24) is 14.8 Å². The van der Waals surface area contributed by atoms with Crippen LogP contribution in [0.3, 0.4) is 0 Å². The highest BCUT2D eigenvalue weighted by Crippen LogP contribution is 2.29. The molecule has 0 aliphatic carbocycles. The Morgan fingerprint density at radius 2 is 2.04 bits per heavy atom. The summed E-state index contributed by atoms with van der Waals surface area (Å²) in [6.45, 7) is 8.96. The van der Waals surface area contributed by atoms with Gasteiger partial charge in [0.1, 0.15) is 10.8 Å². The summed E-state index contributed by atoms with van der Waals surface area (Å²) < 4.78 is 7.17. The van der Waals surface area contributed by atoms with Gasteiger partial charge in [-0.2, -0.15) is 0 Å². The van der Waals surface area contributed by atoms with E-state index in [1.807, 2.05) is 28.5 Å². The fourth-order valence-corrected chi connectivity index (χ4v) is 2.93. The van der Waals surface area contributed by atoms with Gasteiger partial charge in [0, 0.05) is 31.7 Å². The molecule has 23 heavy (non-hydrogen) atoms. The minimum atomic E-state index is -0.542. The van der Waals surface area contributed by atoms with Gasteiger partial charge in [-0.05, 0) is 39.8 Å². The molecule has 0 saturated heterocycles. The van der Waals surface area contributed by atoms with E-state index in [1.54, 1.807) is 20.8 Å². The average Bonchev–Trinajstić information content (AvgIpc) is 2.79. The summed E-state index contributed by atoms with van der Waals surface area (Å²) in [4.78, 5) is 25.8. The summed E-state index contributed by atoms with van der Waals surface area (Å²) in [5, 5.41) is 3.31. The molecule has 0 unspecified atom stereocenters. The first kappa shape index (κ1) is 17.7. The molecule has 0 saturated carbocycles. The third-order valence-corrected chi connectivity index (χ3v) is 4.08. The zero-order chi connectivity index (χ0) is 17.2. The Labute approximate surface area is 141 Å². The zero-order valence-electron chi connectivity index (χ0n) is 14.1. The Bertz CT molecular complexity index is 592. The van der Waals surface area contributed by atoms with Gasteiger partial charge in [0.25, 0.3) is 0 Å². The fraction of sp³-hybridized carbons (Fsp3) is 0.625. The van der Waals surface area contributed by atoms with E-state index < -0.39 is 11.7 Å². The highest BCUT2D eigenvalue weighted by molar-refractivity contribution is 6.29. The predicted molar refractivity (Wildman–Crippen MR) is 88.4 cm³/mol. The maximum absolute atomic E-state index is 12.4. The largest absolute Gasteiger partial charge is 0.444 e. The highest BCUT2D eigenvalue weighted by Gasteiger charge is 2.28. The Hall–Kier alpha value is -1.69. The van der Waals surface area contributed by atoms with Crippen LogP contribution in [0.1, 0.15) is 45.9 Å². The summed E-state index contributed by atoms with van der Waals surface area (Å²) in [5.41, 5.74) is 0.495. The summed E-state index contributed by atoms with van der Waals surface area (Å²) in [7, 11) is 0. The van der Waals surface area contributed by atoms with Crippen LogP contribution in [0.5, 0.6) is 0 Å². The number of fused-ring (bicyclic) bond motifs is 1. The van der Waals surface area contributed by atoms with E-state index in [4.69, 9.17) is 16.3 Å². The number of aromatic nitrogens is 1. The van der Waals surface area contributed by atoms with E-state index in [-0.39, 0.29) is 24.9 Å². The Balaban J connectivity index is 1.84. The lowest BCUT2D eigenvalue weighted by molar-refractivity contribution is -0.134. The molecule has 6 nitrogen and oxygen atoms in total. The third kappa shape index (κ3) is 4.41. The number of alkyl carbamates (subject to hydrolysis) is 1. The molecule has 128 valence electrons. The molecule has 1 atom stereocenters. The van der Waals surface area contributed by atoms with Crippen molar-refractivity contribution in [2.24, 2.45) is 0 Å². The van der Waals surface area contributed by atoms with Gasteiger partial charge in [-0.1, -0.05) is 11.6 Å². The monoisotopic (exact) mass is 341 g/mol. The molecule has 2 rings (SSSR count). The quantitative estimate of drug-likeness (QED) is 0.919. The molecule has 1 aliphatic rings. The second-order valence-corrected chi connectivity index (χ2v) is 7.06. The minimum Gasteiger partial charge on any atom is -0.444 e. The van der Waals surface area contributed by atoms with Crippen molar-refractivity contribution in [2.45, 2.75) is 52.3 Å². The van der Waals surface area contributed by atoms with Gasteiger partial charge < -0.3 is 19.5 Å². The number of amides is 2. The molecule has 0 aromatic carbocycles. The van der Waals surface area contributed by atoms with E-state index in [9.17, 15) is 9.59 Å². The van der Waals surface area contributed by atoms with E-state index in [0.29, 0.717) is 18.2 Å². The van der Waals surface area contributed by atoms with Crippen LogP contribution in [0.2, 0.25) is 5.15 Å². The van der Waals surface area contributed by atoms with E-state index in [0.717, 1.165) is 5.69 Å². The number of hydrogen-bond donors (Lipinski definition) is 1. The molecule has 1 N–H and O–H groups in total. The molecule has 0 bridgehead atoms. The SMILES string of the molecule is C[C@H]1c2ccc(Cl)n2CCN1C(=O)CCNC(=O)OC(C)(C)C. The molecular weight excluding hydrogens is 318 g/mol. The topological polar surface area (TPSA) is 63.6 Å². The maximum Gasteiger partial charge on any atom is 0.407 e. The number of carbonyl (C=O) groups excluding carboxylic acids is 2. The number of hydrogen-bond acceptors (Lipinski definition) is 3. The van der Waals surface area contributed by atoms with Gasteiger partial charge >= 0.3 is 6.09 Å². The number of nitrogens with one attached hydrogen (secondary N) is 1. The lowest BCUT2D eigenvalue weighted by Crippen LogP contribution is -2.42. The van der Waals surface area contributed by atoms with Crippen LogP contribution in [0.15, 0.2) is 12.1 Å². The second-order valence-electron chi connectivity index (χ2n) is 6.67. The molecule has 0 radical (unpaired) electrons. The number of ether oxygens (including phenoxy) is 1. The molecule has 1 aliphatic heterocycles. The van der Waals surface area contributed by atoms with Crippen molar-refractivity contribution in [3.8, 4) is 0 Å². The smallest absolute Gasteiger partial charge is 0.407 e. The maximum atomic E-state index is 12.4. The standard InChI is InChI=1S/C16H24ClN3O3/c1-11-12-5-6-13(17)20(12)10-9-19(11)14(21)7-8-18-15(22)23-16(2,3)4/h5-6,11H,7-10H2,1-4H3,(H,18,22)/t11-/m0/s1. The minimum absolute atomic E-state index is 0.0112. The summed E-state index contributed by atoms with van der Waals surface area (Å²) in [6, 6.07) is 3.78. The van der Waals surface area contributed by atoms with E-state index in [1.165, 1.54) is 0 Å². The van der Waals surface area contributed by atoms with Crippen LogP contribution < -0.4 is 5.32 Å². The lowest BCUT2D eigenvalue weighted by Gasteiger charge is -2.35. The van der Waals surface area contributed by atoms with Gasteiger partial charge in [0.05, 0.1) is 6.04 Å². The third-order valence-electron chi connectivity index (χ3n) is 3.75. The second kappa shape index (κ2) is 6.83. The molecule has 1 aromatic heterocycles. The van der Waals surface area contributed by atoms with Crippen LogP contribution in [0.4, 0.5) is 4.79 Å². The summed E-state index contributed by atoms with van der Waals surface area (Å²) >= 11 is 6.12. The first-order valence-electron chi connectivity index (χ1n) is 7.80. The van der Waals surface area contributed by atoms with Crippen molar-refractivity contribution in [3.05, 3.63) is 23.0 Å².